The van der Waals surface area contributed by atoms with Crippen LogP contribution in [0.4, 0.5) is 14.9 Å². The summed E-state index contributed by atoms with van der Waals surface area (Å²) in [5, 5.41) is 3.84. The molecule has 0 bridgehead atoms. The van der Waals surface area contributed by atoms with Crippen LogP contribution in [0.1, 0.15) is 16.4 Å². The van der Waals surface area contributed by atoms with Crippen LogP contribution in [0.25, 0.3) is 0 Å². The van der Waals surface area contributed by atoms with Crippen LogP contribution < -0.4 is 16.1 Å². The molecule has 1 fully saturated rings. The lowest BCUT2D eigenvalue weighted by atomic mass is 10.1. The van der Waals surface area contributed by atoms with E-state index in [1.165, 1.54) is 22.7 Å². The first-order valence-electron chi connectivity index (χ1n) is 8.64. The molecule has 144 valence electrons. The quantitative estimate of drug-likeness (QED) is 0.821. The van der Waals surface area contributed by atoms with Crippen LogP contribution in [-0.2, 0) is 9.53 Å². The Hall–Kier alpha value is -2.91. The van der Waals surface area contributed by atoms with Crippen molar-refractivity contribution in [2.75, 3.05) is 18.0 Å². The van der Waals surface area contributed by atoms with E-state index in [1.54, 1.807) is 12.1 Å². The molecule has 2 aromatic carbocycles. The number of amides is 2. The van der Waals surface area contributed by atoms with E-state index in [1.807, 2.05) is 30.3 Å². The highest BCUT2D eigenvalue weighted by atomic mass is 32.2. The number of hydrogen-bond acceptors (Lipinski definition) is 6. The number of nitrogens with one attached hydrogen (secondary N) is 1. The van der Waals surface area contributed by atoms with Crippen molar-refractivity contribution in [2.45, 2.75) is 11.4 Å². The van der Waals surface area contributed by atoms with Gasteiger partial charge in [-0.25, -0.2) is 14.6 Å². The fraction of sp³-hybridized carbons (Fsp3) is 0.211. The minimum absolute atomic E-state index is 0.205. The molecule has 0 radical (unpaired) electrons. The molecule has 2 atom stereocenters. The second kappa shape index (κ2) is 7.61. The van der Waals surface area contributed by atoms with Crippen LogP contribution in [-0.4, -0.2) is 36.2 Å². The summed E-state index contributed by atoms with van der Waals surface area (Å²) in [6.45, 7) is 0.479. The highest BCUT2D eigenvalue weighted by molar-refractivity contribution is 8.15. The smallest absolute Gasteiger partial charge is 0.414 e. The van der Waals surface area contributed by atoms with Gasteiger partial charge >= 0.3 is 6.09 Å². The lowest BCUT2D eigenvalue weighted by Crippen LogP contribution is -2.30. The van der Waals surface area contributed by atoms with Crippen LogP contribution in [0, 0.1) is 5.82 Å². The number of halogens is 1. The minimum Gasteiger partial charge on any atom is -0.443 e. The number of rotatable bonds is 4. The molecule has 2 amide bonds. The summed E-state index contributed by atoms with van der Waals surface area (Å²) < 4.78 is 19.9. The summed E-state index contributed by atoms with van der Waals surface area (Å²) in [5.74, 6) is -0.805. The van der Waals surface area contributed by atoms with Gasteiger partial charge in [-0.1, -0.05) is 42.1 Å². The van der Waals surface area contributed by atoms with Crippen molar-refractivity contribution in [2.24, 2.45) is 10.8 Å². The Morgan fingerprint density at radius 1 is 1.25 bits per heavy atom. The van der Waals surface area contributed by atoms with Gasteiger partial charge in [0.25, 0.3) is 5.91 Å². The molecule has 0 aromatic heterocycles. The standard InChI is InChI=1S/C19H17FN4O3S/c20-15-8-12(24-10-13(9-21)27-19(24)26)6-7-14(15)18-23-22-17(25)16(28-18)11-4-2-1-3-5-11/h1-8,13,16H,9-10,21H2,(H,22,25). The molecule has 0 saturated carbocycles. The Bertz CT molecular complexity index is 953. The summed E-state index contributed by atoms with van der Waals surface area (Å²) in [7, 11) is 0. The number of hydrazone groups is 1. The Balaban J connectivity index is 1.58. The van der Waals surface area contributed by atoms with Crippen LogP contribution in [0.5, 0.6) is 0 Å². The fourth-order valence-corrected chi connectivity index (χ4v) is 4.09. The normalized spacial score (nSPS) is 21.9. The van der Waals surface area contributed by atoms with Crippen LogP contribution in [0.15, 0.2) is 53.6 Å². The highest BCUT2D eigenvalue weighted by Gasteiger charge is 2.33. The Labute approximate surface area is 164 Å². The fourth-order valence-electron chi connectivity index (χ4n) is 3.03. The number of carbonyl (C=O) groups excluding carboxylic acids is 2. The summed E-state index contributed by atoms with van der Waals surface area (Å²) >= 11 is 1.18. The molecule has 2 aromatic rings. The van der Waals surface area contributed by atoms with Gasteiger partial charge in [-0.05, 0) is 23.8 Å². The average molecular weight is 400 g/mol. The van der Waals surface area contributed by atoms with Crippen molar-refractivity contribution in [3.63, 3.8) is 0 Å². The van der Waals surface area contributed by atoms with Crippen LogP contribution >= 0.6 is 11.8 Å². The first-order valence-corrected chi connectivity index (χ1v) is 9.52. The molecule has 28 heavy (non-hydrogen) atoms. The van der Waals surface area contributed by atoms with E-state index < -0.39 is 23.3 Å². The average Bonchev–Trinajstić information content (AvgIpc) is 3.10. The third-order valence-corrected chi connectivity index (χ3v) is 5.73. The lowest BCUT2D eigenvalue weighted by molar-refractivity contribution is -0.120. The largest absolute Gasteiger partial charge is 0.443 e. The van der Waals surface area contributed by atoms with Crippen molar-refractivity contribution in [1.82, 2.24) is 5.43 Å². The molecule has 9 heteroatoms. The Morgan fingerprint density at radius 3 is 2.71 bits per heavy atom. The molecule has 3 N–H and O–H groups in total. The maximum Gasteiger partial charge on any atom is 0.414 e. The molecule has 0 aliphatic carbocycles. The van der Waals surface area contributed by atoms with Gasteiger partial charge in [0.1, 0.15) is 22.2 Å². The zero-order chi connectivity index (χ0) is 19.7. The molecule has 1 saturated heterocycles. The van der Waals surface area contributed by atoms with E-state index in [2.05, 4.69) is 10.5 Å². The number of nitrogens with zero attached hydrogens (tertiary/aromatic N) is 2. The number of thioether (sulfide) groups is 1. The van der Waals surface area contributed by atoms with E-state index in [9.17, 15) is 14.0 Å². The summed E-state index contributed by atoms with van der Waals surface area (Å²) in [6.07, 6.45) is -0.959. The molecule has 2 unspecified atom stereocenters. The molecule has 4 rings (SSSR count). The van der Waals surface area contributed by atoms with Crippen molar-refractivity contribution < 1.29 is 18.7 Å². The SMILES string of the molecule is NCC1CN(c2ccc(C3=NNC(=O)C(c4ccccc4)S3)c(F)c2)C(=O)O1. The third-order valence-electron chi connectivity index (χ3n) is 4.47. The maximum absolute atomic E-state index is 14.8. The topological polar surface area (TPSA) is 97.0 Å². The van der Waals surface area contributed by atoms with Crippen molar-refractivity contribution in [1.29, 1.82) is 0 Å². The molecule has 2 aliphatic heterocycles. The second-order valence-corrected chi connectivity index (χ2v) is 7.41. The number of carbonyl (C=O) groups is 2. The molecule has 0 spiro atoms. The number of cyclic esters (lactones) is 1. The van der Waals surface area contributed by atoms with Gasteiger partial charge in [0.15, 0.2) is 0 Å². The first kappa shape index (κ1) is 18.5. The maximum atomic E-state index is 14.8. The number of benzene rings is 2. The molecular formula is C19H17FN4O3S. The third kappa shape index (κ3) is 3.46. The zero-order valence-corrected chi connectivity index (χ0v) is 15.5. The van der Waals surface area contributed by atoms with Crippen molar-refractivity contribution in [3.05, 3.63) is 65.5 Å². The number of hydrogen-bond donors (Lipinski definition) is 2. The van der Waals surface area contributed by atoms with E-state index in [0.29, 0.717) is 10.7 Å². The van der Waals surface area contributed by atoms with Gasteiger partial charge in [-0.2, -0.15) is 5.10 Å². The summed E-state index contributed by atoms with van der Waals surface area (Å²) in [5.41, 5.74) is 9.43. The Morgan fingerprint density at radius 2 is 2.04 bits per heavy atom. The molecule has 2 heterocycles. The number of ether oxygens (including phenoxy) is 1. The van der Waals surface area contributed by atoms with E-state index in [-0.39, 0.29) is 24.6 Å². The minimum atomic E-state index is -0.552. The van der Waals surface area contributed by atoms with Gasteiger partial charge in [-0.15, -0.1) is 0 Å². The van der Waals surface area contributed by atoms with Crippen molar-refractivity contribution in [3.8, 4) is 0 Å². The predicted molar refractivity (Wildman–Crippen MR) is 105 cm³/mol. The Kier molecular flexibility index (Phi) is 5.01. The van der Waals surface area contributed by atoms with E-state index in [0.717, 1.165) is 5.56 Å². The first-order chi connectivity index (χ1) is 13.6. The lowest BCUT2D eigenvalue weighted by Gasteiger charge is -2.22. The van der Waals surface area contributed by atoms with Gasteiger partial charge in [-0.3, -0.25) is 9.69 Å². The van der Waals surface area contributed by atoms with Crippen LogP contribution in [0.2, 0.25) is 0 Å². The summed E-state index contributed by atoms with van der Waals surface area (Å²) in [6, 6.07) is 13.6. The van der Waals surface area contributed by atoms with E-state index >= 15 is 0 Å². The van der Waals surface area contributed by atoms with Crippen LogP contribution in [0.3, 0.4) is 0 Å². The van der Waals surface area contributed by atoms with Gasteiger partial charge in [0, 0.05) is 12.1 Å². The second-order valence-electron chi connectivity index (χ2n) is 6.32. The van der Waals surface area contributed by atoms with E-state index in [4.69, 9.17) is 10.5 Å². The monoisotopic (exact) mass is 400 g/mol. The molecule has 7 nitrogen and oxygen atoms in total. The zero-order valence-electron chi connectivity index (χ0n) is 14.7. The van der Waals surface area contributed by atoms with Gasteiger partial charge in [0.05, 0.1) is 12.2 Å². The number of anilines is 1. The van der Waals surface area contributed by atoms with Crippen molar-refractivity contribution >= 4 is 34.5 Å². The van der Waals surface area contributed by atoms with Gasteiger partial charge in [0.2, 0.25) is 0 Å². The summed E-state index contributed by atoms with van der Waals surface area (Å²) in [4.78, 5) is 25.4. The highest BCUT2D eigenvalue weighted by Crippen LogP contribution is 2.36. The number of nitrogens with two attached hydrogens (primary N) is 1. The van der Waals surface area contributed by atoms with Gasteiger partial charge < -0.3 is 10.5 Å². The molecular weight excluding hydrogens is 383 g/mol. The predicted octanol–water partition coefficient (Wildman–Crippen LogP) is 2.38. The molecule has 2 aliphatic rings.